The summed E-state index contributed by atoms with van der Waals surface area (Å²) in [6, 6.07) is 13.7. The highest BCUT2D eigenvalue weighted by Gasteiger charge is 2.18. The van der Waals surface area contributed by atoms with Crippen LogP contribution in [0.2, 0.25) is 0 Å². The van der Waals surface area contributed by atoms with Gasteiger partial charge in [0.25, 0.3) is 5.91 Å². The van der Waals surface area contributed by atoms with Crippen molar-refractivity contribution in [2.45, 2.75) is 25.7 Å². The minimum absolute atomic E-state index is 0.122. The Hall–Kier alpha value is -2.95. The fraction of sp³-hybridized carbons (Fsp3) is 0.286. The highest BCUT2D eigenvalue weighted by Crippen LogP contribution is 2.26. The van der Waals surface area contributed by atoms with E-state index in [0.29, 0.717) is 0 Å². The third-order valence-corrected chi connectivity index (χ3v) is 5.24. The zero-order valence-corrected chi connectivity index (χ0v) is 14.5. The van der Waals surface area contributed by atoms with Gasteiger partial charge in [0.15, 0.2) is 5.65 Å². The molecule has 5 heteroatoms. The number of fused-ring (bicyclic) bond motifs is 4. The fourth-order valence-corrected chi connectivity index (χ4v) is 3.84. The third kappa shape index (κ3) is 2.51. The summed E-state index contributed by atoms with van der Waals surface area (Å²) in [5.41, 5.74) is 5.01. The predicted molar refractivity (Wildman–Crippen MR) is 103 cm³/mol. The van der Waals surface area contributed by atoms with Gasteiger partial charge in [-0.15, -0.1) is 0 Å². The Morgan fingerprint density at radius 3 is 2.42 bits per heavy atom. The average molecular weight is 344 g/mol. The standard InChI is InChI=1S/C21H20N4O/c26-21(25-11-5-1-2-6-12-25)14-9-10-16-15(13-14)19-20(23-16)24-18-8-4-3-7-17(18)22-19/h3-4,7-10,13H,1-2,5-6,11-12H2,(H,23,24). The van der Waals surface area contributed by atoms with E-state index < -0.39 is 0 Å². The Morgan fingerprint density at radius 1 is 0.923 bits per heavy atom. The van der Waals surface area contributed by atoms with Gasteiger partial charge in [-0.05, 0) is 43.2 Å². The van der Waals surface area contributed by atoms with Gasteiger partial charge in [-0.2, -0.15) is 0 Å². The number of hydrogen-bond donors (Lipinski definition) is 1. The zero-order chi connectivity index (χ0) is 17.5. The van der Waals surface area contributed by atoms with Crippen molar-refractivity contribution in [3.63, 3.8) is 0 Å². The molecule has 0 unspecified atom stereocenters. The SMILES string of the molecule is O=C(c1ccc2[nH]c3nc4ccccc4nc3c2c1)N1CCCCCC1. The van der Waals surface area contributed by atoms with Crippen LogP contribution in [0, 0.1) is 0 Å². The maximum absolute atomic E-state index is 12.9. The summed E-state index contributed by atoms with van der Waals surface area (Å²) in [5, 5.41) is 0.957. The van der Waals surface area contributed by atoms with Crippen LogP contribution < -0.4 is 0 Å². The second-order valence-electron chi connectivity index (χ2n) is 7.00. The van der Waals surface area contributed by atoms with E-state index in [1.807, 2.05) is 47.4 Å². The van der Waals surface area contributed by atoms with Crippen LogP contribution in [0.25, 0.3) is 33.1 Å². The van der Waals surface area contributed by atoms with Gasteiger partial charge in [0.1, 0.15) is 5.52 Å². The number of carbonyl (C=O) groups is 1. The lowest BCUT2D eigenvalue weighted by Crippen LogP contribution is -2.31. The highest BCUT2D eigenvalue weighted by atomic mass is 16.2. The molecule has 1 N–H and O–H groups in total. The van der Waals surface area contributed by atoms with Gasteiger partial charge in [-0.3, -0.25) is 4.79 Å². The van der Waals surface area contributed by atoms with Crippen LogP contribution in [-0.2, 0) is 0 Å². The first-order valence-corrected chi connectivity index (χ1v) is 9.27. The monoisotopic (exact) mass is 344 g/mol. The van der Waals surface area contributed by atoms with Crippen molar-refractivity contribution in [3.05, 3.63) is 48.0 Å². The van der Waals surface area contributed by atoms with E-state index in [0.717, 1.165) is 64.6 Å². The first kappa shape index (κ1) is 15.3. The Balaban J connectivity index is 1.62. The Bertz CT molecular complexity index is 1120. The van der Waals surface area contributed by atoms with Crippen molar-refractivity contribution in [2.24, 2.45) is 0 Å². The number of carbonyl (C=O) groups excluding carboxylic acids is 1. The average Bonchev–Trinajstić information content (AvgIpc) is 2.84. The molecular formula is C21H20N4O. The molecule has 130 valence electrons. The van der Waals surface area contributed by atoms with Gasteiger partial charge in [-0.1, -0.05) is 25.0 Å². The Labute approximate surface area is 151 Å². The van der Waals surface area contributed by atoms with Gasteiger partial charge >= 0.3 is 0 Å². The van der Waals surface area contributed by atoms with Crippen LogP contribution in [-0.4, -0.2) is 38.8 Å². The number of benzene rings is 2. The van der Waals surface area contributed by atoms with Gasteiger partial charge in [-0.25, -0.2) is 9.97 Å². The number of likely N-dealkylation sites (tertiary alicyclic amines) is 1. The molecule has 0 saturated carbocycles. The van der Waals surface area contributed by atoms with Crippen molar-refractivity contribution in [3.8, 4) is 0 Å². The molecule has 26 heavy (non-hydrogen) atoms. The molecule has 2 aromatic heterocycles. The number of aromatic nitrogens is 3. The minimum Gasteiger partial charge on any atom is -0.339 e. The summed E-state index contributed by atoms with van der Waals surface area (Å²) in [4.78, 5) is 27.7. The molecule has 1 aliphatic rings. The summed E-state index contributed by atoms with van der Waals surface area (Å²) >= 11 is 0. The molecule has 5 rings (SSSR count). The van der Waals surface area contributed by atoms with Crippen LogP contribution >= 0.6 is 0 Å². The Kier molecular flexibility index (Phi) is 3.59. The van der Waals surface area contributed by atoms with Crippen LogP contribution in [0.4, 0.5) is 0 Å². The van der Waals surface area contributed by atoms with E-state index in [4.69, 9.17) is 4.98 Å². The van der Waals surface area contributed by atoms with Crippen molar-refractivity contribution < 1.29 is 4.79 Å². The molecule has 0 atom stereocenters. The number of nitrogens with one attached hydrogen (secondary N) is 1. The van der Waals surface area contributed by atoms with Crippen LogP contribution in [0.5, 0.6) is 0 Å². The topological polar surface area (TPSA) is 61.9 Å². The summed E-state index contributed by atoms with van der Waals surface area (Å²) < 4.78 is 0. The predicted octanol–water partition coefficient (Wildman–Crippen LogP) is 4.28. The summed E-state index contributed by atoms with van der Waals surface area (Å²) in [6.07, 6.45) is 4.62. The van der Waals surface area contributed by atoms with Crippen molar-refractivity contribution in [1.82, 2.24) is 19.9 Å². The molecule has 0 aliphatic carbocycles. The first-order valence-electron chi connectivity index (χ1n) is 9.27. The number of aromatic amines is 1. The number of rotatable bonds is 1. The molecule has 0 spiro atoms. The van der Waals surface area contributed by atoms with Gasteiger partial charge in [0.05, 0.1) is 11.0 Å². The number of para-hydroxylation sites is 2. The van der Waals surface area contributed by atoms with Crippen LogP contribution in [0.3, 0.4) is 0 Å². The number of hydrogen-bond acceptors (Lipinski definition) is 3. The van der Waals surface area contributed by atoms with E-state index >= 15 is 0 Å². The Morgan fingerprint density at radius 2 is 1.65 bits per heavy atom. The van der Waals surface area contributed by atoms with E-state index in [-0.39, 0.29) is 5.91 Å². The minimum atomic E-state index is 0.122. The molecule has 5 nitrogen and oxygen atoms in total. The second kappa shape index (κ2) is 6.09. The number of nitrogens with zero attached hydrogens (tertiary/aromatic N) is 3. The fourth-order valence-electron chi connectivity index (χ4n) is 3.84. The summed E-state index contributed by atoms with van der Waals surface area (Å²) in [5.74, 6) is 0.122. The molecule has 1 saturated heterocycles. The van der Waals surface area contributed by atoms with Crippen molar-refractivity contribution >= 4 is 39.0 Å². The van der Waals surface area contributed by atoms with Gasteiger partial charge in [0, 0.05) is 29.6 Å². The molecule has 3 heterocycles. The normalized spacial score (nSPS) is 15.6. The van der Waals surface area contributed by atoms with E-state index in [1.165, 1.54) is 12.8 Å². The van der Waals surface area contributed by atoms with Crippen molar-refractivity contribution in [2.75, 3.05) is 13.1 Å². The van der Waals surface area contributed by atoms with Gasteiger partial charge < -0.3 is 9.88 Å². The van der Waals surface area contributed by atoms with E-state index in [2.05, 4.69) is 9.97 Å². The summed E-state index contributed by atoms with van der Waals surface area (Å²) in [7, 11) is 0. The molecule has 4 aromatic rings. The number of H-pyrrole nitrogens is 1. The smallest absolute Gasteiger partial charge is 0.253 e. The second-order valence-corrected chi connectivity index (χ2v) is 7.00. The lowest BCUT2D eigenvalue weighted by Gasteiger charge is -2.20. The van der Waals surface area contributed by atoms with E-state index in [1.54, 1.807) is 0 Å². The molecule has 1 aliphatic heterocycles. The molecule has 0 bridgehead atoms. The third-order valence-electron chi connectivity index (χ3n) is 5.24. The quantitative estimate of drug-likeness (QED) is 0.560. The maximum atomic E-state index is 12.9. The molecule has 1 amide bonds. The lowest BCUT2D eigenvalue weighted by atomic mass is 10.1. The highest BCUT2D eigenvalue weighted by molar-refractivity contribution is 6.08. The first-order chi connectivity index (χ1) is 12.8. The van der Waals surface area contributed by atoms with E-state index in [9.17, 15) is 4.79 Å². The van der Waals surface area contributed by atoms with Crippen LogP contribution in [0.1, 0.15) is 36.0 Å². The lowest BCUT2D eigenvalue weighted by molar-refractivity contribution is 0.0762. The van der Waals surface area contributed by atoms with Crippen LogP contribution in [0.15, 0.2) is 42.5 Å². The molecular weight excluding hydrogens is 324 g/mol. The molecule has 1 fully saturated rings. The number of amides is 1. The maximum Gasteiger partial charge on any atom is 0.253 e. The van der Waals surface area contributed by atoms with Gasteiger partial charge in [0.2, 0.25) is 0 Å². The summed E-state index contributed by atoms with van der Waals surface area (Å²) in [6.45, 7) is 1.71. The largest absolute Gasteiger partial charge is 0.339 e. The molecule has 0 radical (unpaired) electrons. The van der Waals surface area contributed by atoms with Crippen molar-refractivity contribution in [1.29, 1.82) is 0 Å². The molecule has 2 aromatic carbocycles. The zero-order valence-electron chi connectivity index (χ0n) is 14.5.